The van der Waals surface area contributed by atoms with Crippen molar-refractivity contribution in [3.05, 3.63) is 72.7 Å². The summed E-state index contributed by atoms with van der Waals surface area (Å²) in [5, 5.41) is 7.39. The van der Waals surface area contributed by atoms with Crippen LogP contribution in [0.25, 0.3) is 22.0 Å². The Morgan fingerprint density at radius 2 is 1.97 bits per heavy atom. The molecule has 0 spiro atoms. The lowest BCUT2D eigenvalue weighted by atomic mass is 10.0. The number of hydrogen-bond acceptors (Lipinski definition) is 8. The molecule has 37 heavy (non-hydrogen) atoms. The number of anilines is 3. The summed E-state index contributed by atoms with van der Waals surface area (Å²) in [4.78, 5) is 27.5. The zero-order valence-electron chi connectivity index (χ0n) is 20.8. The Balaban J connectivity index is 1.72. The largest absolute Gasteiger partial charge is 0.494 e. The first kappa shape index (κ1) is 25.9. The molecule has 4 rings (SSSR count). The van der Waals surface area contributed by atoms with E-state index in [2.05, 4.69) is 27.2 Å². The minimum Gasteiger partial charge on any atom is -0.494 e. The predicted octanol–water partition coefficient (Wildman–Crippen LogP) is 5.16. The second-order valence-electron chi connectivity index (χ2n) is 8.35. The first-order valence-electron chi connectivity index (χ1n) is 11.4. The molecule has 0 aliphatic heterocycles. The maximum absolute atomic E-state index is 12.1. The second kappa shape index (κ2) is 11.7. The molecule has 0 aliphatic rings. The number of nitrogens with one attached hydrogen (secondary N) is 2. The average molecular weight is 519 g/mol. The van der Waals surface area contributed by atoms with Gasteiger partial charge in [-0.1, -0.05) is 36.4 Å². The van der Waals surface area contributed by atoms with E-state index in [9.17, 15) is 4.79 Å². The van der Waals surface area contributed by atoms with Gasteiger partial charge in [-0.05, 0) is 32.3 Å². The van der Waals surface area contributed by atoms with Gasteiger partial charge in [0.25, 0.3) is 0 Å². The van der Waals surface area contributed by atoms with Crippen LogP contribution in [0.5, 0.6) is 11.5 Å². The van der Waals surface area contributed by atoms with Crippen molar-refractivity contribution >= 4 is 45.7 Å². The van der Waals surface area contributed by atoms with Crippen LogP contribution in [0.4, 0.5) is 17.3 Å². The molecule has 1 amide bonds. The number of rotatable bonds is 10. The molecule has 4 aromatic rings. The smallest absolute Gasteiger partial charge is 0.247 e. The molecule has 0 aliphatic carbocycles. The number of pyridine rings is 1. The predicted molar refractivity (Wildman–Crippen MR) is 147 cm³/mol. The van der Waals surface area contributed by atoms with Gasteiger partial charge in [0.05, 0.1) is 29.0 Å². The molecule has 9 nitrogen and oxygen atoms in total. The van der Waals surface area contributed by atoms with Gasteiger partial charge >= 0.3 is 0 Å². The Morgan fingerprint density at radius 3 is 2.70 bits per heavy atom. The third-order valence-electron chi connectivity index (χ3n) is 5.41. The van der Waals surface area contributed by atoms with Crippen LogP contribution in [0, 0.1) is 0 Å². The fourth-order valence-corrected chi connectivity index (χ4v) is 3.77. The summed E-state index contributed by atoms with van der Waals surface area (Å²) in [6, 6.07) is 11.1. The normalized spacial score (nSPS) is 10.8. The highest BCUT2D eigenvalue weighted by atomic mass is 35.5. The number of carbonyl (C=O) groups excluding carboxylic acids is 1. The molecular formula is C27H27ClN6O3. The Morgan fingerprint density at radius 1 is 1.14 bits per heavy atom. The molecule has 2 heterocycles. The Hall–Kier alpha value is -4.21. The molecule has 0 atom stereocenters. The van der Waals surface area contributed by atoms with E-state index in [0.717, 1.165) is 22.0 Å². The van der Waals surface area contributed by atoms with Crippen molar-refractivity contribution in [1.29, 1.82) is 0 Å². The number of amides is 1. The Kier molecular flexibility index (Phi) is 8.17. The standard InChI is InChI=1S/C27H27ClN6O3/c1-5-25(35)31-22-12-21(23(36-4)13-24(22)37-10-9-34(2)3)32-27-30-15-17-7-6-8-20(26(17)33-27)18-11-19(28)16-29-14-18/h5-8,11-16H,1,9-10H2,2-4H3,(H,31,35)(H,30,32,33). The topological polar surface area (TPSA) is 102 Å². The summed E-state index contributed by atoms with van der Waals surface area (Å²) in [5.74, 6) is 0.938. The third-order valence-corrected chi connectivity index (χ3v) is 5.62. The maximum atomic E-state index is 12.1. The van der Waals surface area contributed by atoms with Crippen LogP contribution in [0.3, 0.4) is 0 Å². The summed E-state index contributed by atoms with van der Waals surface area (Å²) in [5.41, 5.74) is 3.44. The molecule has 0 saturated heterocycles. The summed E-state index contributed by atoms with van der Waals surface area (Å²) in [6.07, 6.45) is 6.25. The van der Waals surface area contributed by atoms with Crippen LogP contribution in [-0.4, -0.2) is 60.1 Å². The fraction of sp³-hybridized carbons (Fsp3) is 0.185. The zero-order chi connectivity index (χ0) is 26.4. The fourth-order valence-electron chi connectivity index (χ4n) is 3.60. The van der Waals surface area contributed by atoms with Crippen LogP contribution in [0.15, 0.2) is 67.6 Å². The molecule has 0 fully saturated rings. The lowest BCUT2D eigenvalue weighted by Gasteiger charge is -2.18. The number of fused-ring (bicyclic) bond motifs is 1. The number of halogens is 1. The van der Waals surface area contributed by atoms with Crippen LogP contribution in [0.2, 0.25) is 5.02 Å². The minimum atomic E-state index is -0.365. The van der Waals surface area contributed by atoms with Gasteiger partial charge in [0.15, 0.2) is 0 Å². The van der Waals surface area contributed by atoms with Crippen molar-refractivity contribution in [2.45, 2.75) is 0 Å². The maximum Gasteiger partial charge on any atom is 0.247 e. The Labute approximate surface area is 220 Å². The number of ether oxygens (including phenoxy) is 2. The summed E-state index contributed by atoms with van der Waals surface area (Å²) >= 11 is 6.17. The number of nitrogens with zero attached hydrogens (tertiary/aromatic N) is 4. The highest BCUT2D eigenvalue weighted by molar-refractivity contribution is 6.30. The molecule has 10 heteroatoms. The van der Waals surface area contributed by atoms with Gasteiger partial charge in [-0.25, -0.2) is 9.97 Å². The minimum absolute atomic E-state index is 0.343. The van der Waals surface area contributed by atoms with E-state index in [1.807, 2.05) is 43.3 Å². The first-order chi connectivity index (χ1) is 17.9. The van der Waals surface area contributed by atoms with Crippen molar-refractivity contribution in [1.82, 2.24) is 19.9 Å². The van der Waals surface area contributed by atoms with E-state index >= 15 is 0 Å². The Bertz CT molecular complexity index is 1440. The van der Waals surface area contributed by atoms with Crippen molar-refractivity contribution in [3.63, 3.8) is 0 Å². The van der Waals surface area contributed by atoms with E-state index in [4.69, 9.17) is 26.1 Å². The molecule has 2 aromatic carbocycles. The second-order valence-corrected chi connectivity index (χ2v) is 8.78. The average Bonchev–Trinajstić information content (AvgIpc) is 2.89. The van der Waals surface area contributed by atoms with Crippen molar-refractivity contribution in [3.8, 4) is 22.6 Å². The summed E-state index contributed by atoms with van der Waals surface area (Å²) < 4.78 is 11.5. The van der Waals surface area contributed by atoms with E-state index in [1.165, 1.54) is 6.08 Å². The highest BCUT2D eigenvalue weighted by Crippen LogP contribution is 2.38. The number of carbonyl (C=O) groups is 1. The van der Waals surface area contributed by atoms with Gasteiger partial charge in [0.1, 0.15) is 18.1 Å². The molecule has 2 N–H and O–H groups in total. The van der Waals surface area contributed by atoms with E-state index in [0.29, 0.717) is 47.0 Å². The van der Waals surface area contributed by atoms with Gasteiger partial charge in [-0.15, -0.1) is 0 Å². The quantitative estimate of drug-likeness (QED) is 0.277. The number of hydrogen-bond donors (Lipinski definition) is 2. The van der Waals surface area contributed by atoms with E-state index in [1.54, 1.807) is 37.8 Å². The lowest BCUT2D eigenvalue weighted by Crippen LogP contribution is -2.20. The molecule has 0 bridgehead atoms. The highest BCUT2D eigenvalue weighted by Gasteiger charge is 2.16. The number of para-hydroxylation sites is 1. The van der Waals surface area contributed by atoms with Crippen molar-refractivity contribution < 1.29 is 14.3 Å². The van der Waals surface area contributed by atoms with Gasteiger partial charge in [-0.2, -0.15) is 0 Å². The number of benzene rings is 2. The van der Waals surface area contributed by atoms with E-state index < -0.39 is 0 Å². The van der Waals surface area contributed by atoms with Crippen LogP contribution < -0.4 is 20.1 Å². The molecule has 0 saturated carbocycles. The van der Waals surface area contributed by atoms with Gasteiger partial charge < -0.3 is 25.0 Å². The van der Waals surface area contributed by atoms with Crippen molar-refractivity contribution in [2.75, 3.05) is 45.0 Å². The monoisotopic (exact) mass is 518 g/mol. The van der Waals surface area contributed by atoms with Crippen molar-refractivity contribution in [2.24, 2.45) is 0 Å². The van der Waals surface area contributed by atoms with Crippen LogP contribution in [0.1, 0.15) is 0 Å². The van der Waals surface area contributed by atoms with Crippen LogP contribution in [-0.2, 0) is 4.79 Å². The first-order valence-corrected chi connectivity index (χ1v) is 11.8. The SMILES string of the molecule is C=CC(=O)Nc1cc(Nc2ncc3cccc(-c4cncc(Cl)c4)c3n2)c(OC)cc1OCCN(C)C. The number of likely N-dealkylation sites (N-methyl/N-ethyl adjacent to an activating group) is 1. The molecule has 0 radical (unpaired) electrons. The molecular weight excluding hydrogens is 492 g/mol. The van der Waals surface area contributed by atoms with E-state index in [-0.39, 0.29) is 5.91 Å². The number of aromatic nitrogens is 3. The third kappa shape index (κ3) is 6.32. The van der Waals surface area contributed by atoms with Gasteiger partial charge in [0.2, 0.25) is 11.9 Å². The molecule has 0 unspecified atom stereocenters. The molecule has 2 aromatic heterocycles. The van der Waals surface area contributed by atoms with Crippen LogP contribution >= 0.6 is 11.6 Å². The van der Waals surface area contributed by atoms with Gasteiger partial charge in [0, 0.05) is 47.7 Å². The lowest BCUT2D eigenvalue weighted by molar-refractivity contribution is -0.111. The summed E-state index contributed by atoms with van der Waals surface area (Å²) in [7, 11) is 5.46. The van der Waals surface area contributed by atoms with Gasteiger partial charge in [-0.3, -0.25) is 9.78 Å². The zero-order valence-corrected chi connectivity index (χ0v) is 21.5. The number of methoxy groups -OCH3 is 1. The molecule has 190 valence electrons. The summed E-state index contributed by atoms with van der Waals surface area (Å²) in [6.45, 7) is 4.66.